The summed E-state index contributed by atoms with van der Waals surface area (Å²) in [6.07, 6.45) is -1.89. The van der Waals surface area contributed by atoms with E-state index in [1.54, 1.807) is 6.07 Å². The van der Waals surface area contributed by atoms with Crippen molar-refractivity contribution in [2.45, 2.75) is 32.4 Å². The average Bonchev–Trinajstić information content (AvgIpc) is 3.15. The molecule has 1 aliphatic rings. The molecule has 1 aromatic heterocycles. The van der Waals surface area contributed by atoms with Crippen molar-refractivity contribution < 1.29 is 22.6 Å². The van der Waals surface area contributed by atoms with Crippen molar-refractivity contribution in [3.05, 3.63) is 53.7 Å². The summed E-state index contributed by atoms with van der Waals surface area (Å²) in [7, 11) is 0. The first-order chi connectivity index (χ1) is 15.9. The highest BCUT2D eigenvalue weighted by atomic mass is 35.5. The zero-order chi connectivity index (χ0) is 23.4. The number of benzene rings is 2. The fourth-order valence-electron chi connectivity index (χ4n) is 4.32. The fourth-order valence-corrected chi connectivity index (χ4v) is 4.32. The van der Waals surface area contributed by atoms with E-state index in [-0.39, 0.29) is 37.1 Å². The van der Waals surface area contributed by atoms with Crippen molar-refractivity contribution in [3.8, 4) is 16.9 Å². The van der Waals surface area contributed by atoms with Crippen molar-refractivity contribution in [3.63, 3.8) is 0 Å². The number of halogens is 5. The molecule has 1 saturated heterocycles. The van der Waals surface area contributed by atoms with Crippen LogP contribution in [-0.2, 0) is 24.4 Å². The van der Waals surface area contributed by atoms with E-state index in [0.29, 0.717) is 12.1 Å². The van der Waals surface area contributed by atoms with Gasteiger partial charge < -0.3 is 25.5 Å². The molecule has 2 aromatic carbocycles. The van der Waals surface area contributed by atoms with Crippen LogP contribution in [0.25, 0.3) is 22.0 Å². The highest BCUT2D eigenvalue weighted by Gasteiger charge is 2.31. The lowest BCUT2D eigenvalue weighted by Gasteiger charge is -2.26. The zero-order valence-electron chi connectivity index (χ0n) is 19.2. The monoisotopic (exact) mass is 534 g/mol. The molecule has 0 atom stereocenters. The van der Waals surface area contributed by atoms with E-state index in [1.165, 1.54) is 17.7 Å². The number of rotatable bonds is 8. The molecule has 0 amide bonds. The van der Waals surface area contributed by atoms with Gasteiger partial charge in [-0.3, -0.25) is 4.90 Å². The lowest BCUT2D eigenvalue weighted by Crippen LogP contribution is -2.35. The Kier molecular flexibility index (Phi) is 10.7. The molecule has 11 heteroatoms. The summed E-state index contributed by atoms with van der Waals surface area (Å²) in [5.74, 6) is -0.272. The third-order valence-corrected chi connectivity index (χ3v) is 5.88. The largest absolute Gasteiger partial charge is 0.573 e. The highest BCUT2D eigenvalue weighted by molar-refractivity contribution is 5.97. The molecule has 35 heavy (non-hydrogen) atoms. The molecule has 0 bridgehead atoms. The first kappa shape index (κ1) is 29.2. The molecule has 0 saturated carbocycles. The van der Waals surface area contributed by atoms with E-state index >= 15 is 0 Å². The Morgan fingerprint density at radius 1 is 0.971 bits per heavy atom. The van der Waals surface area contributed by atoms with Crippen molar-refractivity contribution in [1.82, 2.24) is 9.47 Å². The minimum Gasteiger partial charge on any atom is -0.406 e. The minimum absolute atomic E-state index is 0. The summed E-state index contributed by atoms with van der Waals surface area (Å²) in [5.41, 5.74) is 16.2. The molecule has 0 radical (unpaired) electrons. The van der Waals surface area contributed by atoms with Crippen LogP contribution >= 0.6 is 24.8 Å². The minimum atomic E-state index is -4.75. The maximum absolute atomic E-state index is 12.7. The summed E-state index contributed by atoms with van der Waals surface area (Å²) in [6.45, 7) is 5.47. The normalized spacial score (nSPS) is 14.4. The van der Waals surface area contributed by atoms with E-state index < -0.39 is 6.36 Å². The molecule has 2 heterocycles. The Morgan fingerprint density at radius 2 is 1.71 bits per heavy atom. The first-order valence-corrected chi connectivity index (χ1v) is 11.1. The standard InChI is InChI=1S/C24H29F3N4O2.2ClH/c25-24(26,27)33-19-3-4-20(18(13-19)14-29)22-16-31(7-1-6-28)23-5-2-17(12-21(22)23)15-30-8-10-32-11-9-30;;/h2-5,12-13,16H,1,6-11,14-15,28-29H2;2*1H. The van der Waals surface area contributed by atoms with Crippen LogP contribution in [-0.4, -0.2) is 48.7 Å². The third kappa shape index (κ3) is 7.25. The number of aromatic nitrogens is 1. The van der Waals surface area contributed by atoms with Crippen LogP contribution in [0, 0.1) is 0 Å². The van der Waals surface area contributed by atoms with Crippen LogP contribution in [0.3, 0.4) is 0 Å². The molecule has 4 N–H and O–H groups in total. The molecule has 6 nitrogen and oxygen atoms in total. The Labute approximate surface area is 215 Å². The maximum atomic E-state index is 12.7. The van der Waals surface area contributed by atoms with Gasteiger partial charge in [0, 0.05) is 55.4 Å². The number of nitrogens with zero attached hydrogens (tertiary/aromatic N) is 2. The second-order valence-corrected chi connectivity index (χ2v) is 8.19. The fraction of sp³-hybridized carbons (Fsp3) is 0.417. The Bertz CT molecular complexity index is 1100. The Balaban J connectivity index is 0.00000216. The maximum Gasteiger partial charge on any atom is 0.573 e. The van der Waals surface area contributed by atoms with Gasteiger partial charge in [0.25, 0.3) is 0 Å². The molecular weight excluding hydrogens is 504 g/mol. The summed E-state index contributed by atoms with van der Waals surface area (Å²) in [5, 5.41) is 1.04. The topological polar surface area (TPSA) is 78.7 Å². The summed E-state index contributed by atoms with van der Waals surface area (Å²) in [4.78, 5) is 2.35. The molecule has 1 aliphatic heterocycles. The van der Waals surface area contributed by atoms with E-state index in [0.717, 1.165) is 67.8 Å². The number of alkyl halides is 3. The van der Waals surface area contributed by atoms with Gasteiger partial charge in [0.2, 0.25) is 0 Å². The van der Waals surface area contributed by atoms with Gasteiger partial charge >= 0.3 is 6.36 Å². The first-order valence-electron chi connectivity index (χ1n) is 11.1. The smallest absolute Gasteiger partial charge is 0.406 e. The van der Waals surface area contributed by atoms with Crippen molar-refractivity contribution >= 4 is 35.7 Å². The number of hydrogen-bond acceptors (Lipinski definition) is 5. The predicted molar refractivity (Wildman–Crippen MR) is 136 cm³/mol. The molecule has 4 rings (SSSR count). The second kappa shape index (κ2) is 12.8. The number of aryl methyl sites for hydroxylation is 1. The number of nitrogens with two attached hydrogens (primary N) is 2. The third-order valence-electron chi connectivity index (χ3n) is 5.88. The molecule has 3 aromatic rings. The highest BCUT2D eigenvalue weighted by Crippen LogP contribution is 2.36. The Hall–Kier alpha value is -2.01. The van der Waals surface area contributed by atoms with Gasteiger partial charge in [0.15, 0.2) is 0 Å². The summed E-state index contributed by atoms with van der Waals surface area (Å²) in [6, 6.07) is 10.8. The van der Waals surface area contributed by atoms with Crippen LogP contribution in [0.2, 0.25) is 0 Å². The number of morpholine rings is 1. The predicted octanol–water partition coefficient (Wildman–Crippen LogP) is 4.69. The number of ether oxygens (including phenoxy) is 2. The molecule has 0 aliphatic carbocycles. The van der Waals surface area contributed by atoms with E-state index in [4.69, 9.17) is 16.2 Å². The van der Waals surface area contributed by atoms with Gasteiger partial charge in [0.1, 0.15) is 5.75 Å². The number of hydrogen-bond donors (Lipinski definition) is 2. The van der Waals surface area contributed by atoms with Gasteiger partial charge in [-0.2, -0.15) is 0 Å². The molecule has 194 valence electrons. The Morgan fingerprint density at radius 3 is 2.37 bits per heavy atom. The van der Waals surface area contributed by atoms with Crippen molar-refractivity contribution in [1.29, 1.82) is 0 Å². The van der Waals surface area contributed by atoms with Gasteiger partial charge in [-0.25, -0.2) is 0 Å². The van der Waals surface area contributed by atoms with E-state index in [9.17, 15) is 13.2 Å². The van der Waals surface area contributed by atoms with E-state index in [2.05, 4.69) is 32.4 Å². The lowest BCUT2D eigenvalue weighted by atomic mass is 9.98. The molecular formula is C24H31Cl2F3N4O2. The molecule has 0 unspecified atom stereocenters. The SMILES string of the molecule is Cl.Cl.NCCCn1cc(-c2ccc(OC(F)(F)F)cc2CN)c2cc(CN3CCOCC3)ccc21. The molecule has 0 spiro atoms. The average molecular weight is 535 g/mol. The summed E-state index contributed by atoms with van der Waals surface area (Å²) >= 11 is 0. The van der Waals surface area contributed by atoms with Crippen LogP contribution < -0.4 is 16.2 Å². The quantitative estimate of drug-likeness (QED) is 0.438. The lowest BCUT2D eigenvalue weighted by molar-refractivity contribution is -0.274. The van der Waals surface area contributed by atoms with Crippen molar-refractivity contribution in [2.75, 3.05) is 32.8 Å². The van der Waals surface area contributed by atoms with Gasteiger partial charge in [0.05, 0.1) is 13.2 Å². The second-order valence-electron chi connectivity index (χ2n) is 8.19. The molecule has 1 fully saturated rings. The van der Waals surface area contributed by atoms with Crippen LogP contribution in [0.4, 0.5) is 13.2 Å². The van der Waals surface area contributed by atoms with Gasteiger partial charge in [-0.15, -0.1) is 38.0 Å². The van der Waals surface area contributed by atoms with Gasteiger partial charge in [-0.1, -0.05) is 12.1 Å². The van der Waals surface area contributed by atoms with Crippen molar-refractivity contribution in [2.24, 2.45) is 11.5 Å². The number of fused-ring (bicyclic) bond motifs is 1. The van der Waals surface area contributed by atoms with Gasteiger partial charge in [-0.05, 0) is 53.9 Å². The van der Waals surface area contributed by atoms with E-state index in [1.807, 2.05) is 6.20 Å². The zero-order valence-corrected chi connectivity index (χ0v) is 20.9. The van der Waals surface area contributed by atoms with Crippen LogP contribution in [0.5, 0.6) is 5.75 Å². The van der Waals surface area contributed by atoms with Crippen LogP contribution in [0.1, 0.15) is 17.5 Å². The summed E-state index contributed by atoms with van der Waals surface area (Å²) < 4.78 is 49.8. The van der Waals surface area contributed by atoms with Crippen LogP contribution in [0.15, 0.2) is 42.6 Å².